The Morgan fingerprint density at radius 2 is 2.00 bits per heavy atom. The van der Waals surface area contributed by atoms with Crippen LogP contribution in [0.3, 0.4) is 0 Å². The van der Waals surface area contributed by atoms with E-state index in [0.717, 1.165) is 58.8 Å². The van der Waals surface area contributed by atoms with Crippen LogP contribution in [-0.4, -0.2) is 55.1 Å². The number of carbonyl (C=O) groups is 1. The highest BCUT2D eigenvalue weighted by atomic mass is 16.5. The zero-order valence-corrected chi connectivity index (χ0v) is 14.1. The van der Waals surface area contributed by atoms with Crippen LogP contribution in [-0.2, 0) is 16.1 Å². The van der Waals surface area contributed by atoms with E-state index >= 15 is 0 Å². The van der Waals surface area contributed by atoms with Gasteiger partial charge in [0.2, 0.25) is 5.91 Å². The Morgan fingerprint density at radius 1 is 1.17 bits per heavy atom. The monoisotopic (exact) mass is 316 g/mol. The number of ether oxygens (including phenoxy) is 1. The Bertz CT molecular complexity index is 505. The van der Waals surface area contributed by atoms with E-state index in [0.29, 0.717) is 11.8 Å². The van der Waals surface area contributed by atoms with Crippen LogP contribution < -0.4 is 0 Å². The summed E-state index contributed by atoms with van der Waals surface area (Å²) in [7, 11) is 0. The van der Waals surface area contributed by atoms with Gasteiger partial charge in [-0.3, -0.25) is 9.69 Å². The van der Waals surface area contributed by atoms with Gasteiger partial charge in [0, 0.05) is 38.7 Å². The molecule has 1 amide bonds. The van der Waals surface area contributed by atoms with E-state index in [-0.39, 0.29) is 5.92 Å². The van der Waals surface area contributed by atoms with Gasteiger partial charge in [0.25, 0.3) is 0 Å². The molecule has 126 valence electrons. The number of carbonyl (C=O) groups excluding carboxylic acids is 1. The Balaban J connectivity index is 1.46. The van der Waals surface area contributed by atoms with Crippen molar-refractivity contribution in [2.24, 2.45) is 11.8 Å². The number of likely N-dealkylation sites (tertiary alicyclic amines) is 2. The van der Waals surface area contributed by atoms with Crippen molar-refractivity contribution in [2.45, 2.75) is 26.3 Å². The Labute approximate surface area is 139 Å². The minimum atomic E-state index is 0.185. The molecule has 2 saturated heterocycles. The summed E-state index contributed by atoms with van der Waals surface area (Å²) in [4.78, 5) is 17.2. The maximum atomic E-state index is 12.7. The Morgan fingerprint density at radius 3 is 2.78 bits per heavy atom. The van der Waals surface area contributed by atoms with Crippen LogP contribution in [0, 0.1) is 11.8 Å². The molecule has 4 heteroatoms. The van der Waals surface area contributed by atoms with E-state index in [9.17, 15) is 4.79 Å². The predicted octanol–water partition coefficient (Wildman–Crippen LogP) is 2.39. The molecule has 0 saturated carbocycles. The summed E-state index contributed by atoms with van der Waals surface area (Å²) in [6.45, 7) is 8.27. The van der Waals surface area contributed by atoms with Gasteiger partial charge in [0.05, 0.1) is 12.5 Å². The van der Waals surface area contributed by atoms with E-state index in [1.165, 1.54) is 5.56 Å². The average Bonchev–Trinajstić information content (AvgIpc) is 3.23. The summed E-state index contributed by atoms with van der Waals surface area (Å²) < 4.78 is 5.51. The van der Waals surface area contributed by atoms with Gasteiger partial charge in [-0.05, 0) is 31.9 Å². The van der Waals surface area contributed by atoms with Crippen molar-refractivity contribution in [3.8, 4) is 0 Å². The number of rotatable bonds is 6. The third-order valence-corrected chi connectivity index (χ3v) is 5.03. The van der Waals surface area contributed by atoms with Crippen molar-refractivity contribution < 1.29 is 9.53 Å². The van der Waals surface area contributed by atoms with Crippen LogP contribution in [0.2, 0.25) is 0 Å². The van der Waals surface area contributed by atoms with Gasteiger partial charge in [-0.25, -0.2) is 0 Å². The summed E-state index contributed by atoms with van der Waals surface area (Å²) in [6, 6.07) is 10.5. The highest BCUT2D eigenvalue weighted by molar-refractivity contribution is 5.79. The van der Waals surface area contributed by atoms with Gasteiger partial charge >= 0.3 is 0 Å². The zero-order valence-electron chi connectivity index (χ0n) is 14.1. The van der Waals surface area contributed by atoms with Crippen LogP contribution in [0.4, 0.5) is 0 Å². The molecule has 4 nitrogen and oxygen atoms in total. The molecule has 0 radical (unpaired) electrons. The molecule has 2 aliphatic heterocycles. The van der Waals surface area contributed by atoms with Gasteiger partial charge in [0.15, 0.2) is 0 Å². The van der Waals surface area contributed by atoms with Crippen LogP contribution in [0.25, 0.3) is 0 Å². The second-order valence-corrected chi connectivity index (χ2v) is 6.80. The smallest absolute Gasteiger partial charge is 0.227 e. The molecule has 1 aromatic rings. The van der Waals surface area contributed by atoms with Gasteiger partial charge < -0.3 is 9.64 Å². The normalized spacial score (nSPS) is 25.2. The van der Waals surface area contributed by atoms with Crippen molar-refractivity contribution in [3.63, 3.8) is 0 Å². The fourth-order valence-electron chi connectivity index (χ4n) is 3.73. The Hall–Kier alpha value is -1.39. The molecular formula is C19H28N2O2. The second kappa shape index (κ2) is 7.93. The van der Waals surface area contributed by atoms with Gasteiger partial charge in [-0.2, -0.15) is 0 Å². The third kappa shape index (κ3) is 4.33. The summed E-state index contributed by atoms with van der Waals surface area (Å²) >= 11 is 0. The molecule has 2 fully saturated rings. The molecule has 0 aliphatic carbocycles. The lowest BCUT2D eigenvalue weighted by molar-refractivity contribution is -0.134. The SMILES string of the molecule is CCOC[C@H]1CCN(C(=O)[C@@H]2CCN(Cc3ccccc3)C2)C1. The topological polar surface area (TPSA) is 32.8 Å². The molecule has 2 heterocycles. The van der Waals surface area contributed by atoms with Gasteiger partial charge in [-0.1, -0.05) is 30.3 Å². The third-order valence-electron chi connectivity index (χ3n) is 5.03. The summed E-state index contributed by atoms with van der Waals surface area (Å²) in [5, 5.41) is 0. The number of benzene rings is 1. The van der Waals surface area contributed by atoms with Crippen molar-refractivity contribution in [2.75, 3.05) is 39.4 Å². The molecule has 3 rings (SSSR count). The lowest BCUT2D eigenvalue weighted by atomic mass is 10.1. The maximum absolute atomic E-state index is 12.7. The van der Waals surface area contributed by atoms with Crippen LogP contribution in [0.15, 0.2) is 30.3 Å². The van der Waals surface area contributed by atoms with Gasteiger partial charge in [0.1, 0.15) is 0 Å². The number of amides is 1. The molecule has 0 spiro atoms. The fourth-order valence-corrected chi connectivity index (χ4v) is 3.73. The lowest BCUT2D eigenvalue weighted by Gasteiger charge is -2.21. The maximum Gasteiger partial charge on any atom is 0.227 e. The highest BCUT2D eigenvalue weighted by Crippen LogP contribution is 2.24. The molecule has 0 N–H and O–H groups in total. The van der Waals surface area contributed by atoms with Crippen LogP contribution in [0.5, 0.6) is 0 Å². The molecular weight excluding hydrogens is 288 g/mol. The highest BCUT2D eigenvalue weighted by Gasteiger charge is 2.34. The predicted molar refractivity (Wildman–Crippen MR) is 91.0 cm³/mol. The standard InChI is InChI=1S/C19H28N2O2/c1-2-23-15-17-8-11-21(13-17)19(22)18-9-10-20(14-18)12-16-6-4-3-5-7-16/h3-7,17-18H,2,8-15H2,1H3/t17-,18+/m0/s1. The number of hydrogen-bond donors (Lipinski definition) is 0. The fraction of sp³-hybridized carbons (Fsp3) is 0.632. The van der Waals surface area contributed by atoms with Crippen molar-refractivity contribution in [1.29, 1.82) is 0 Å². The van der Waals surface area contributed by atoms with Crippen molar-refractivity contribution >= 4 is 5.91 Å². The first-order valence-corrected chi connectivity index (χ1v) is 8.89. The van der Waals surface area contributed by atoms with Crippen LogP contribution >= 0.6 is 0 Å². The molecule has 23 heavy (non-hydrogen) atoms. The summed E-state index contributed by atoms with van der Waals surface area (Å²) in [6.07, 6.45) is 2.09. The first kappa shape index (κ1) is 16.5. The second-order valence-electron chi connectivity index (χ2n) is 6.80. The quantitative estimate of drug-likeness (QED) is 0.808. The minimum Gasteiger partial charge on any atom is -0.381 e. The zero-order chi connectivity index (χ0) is 16.1. The van der Waals surface area contributed by atoms with E-state index in [1.54, 1.807) is 0 Å². The molecule has 2 aliphatic rings. The van der Waals surface area contributed by atoms with E-state index in [4.69, 9.17) is 4.74 Å². The largest absolute Gasteiger partial charge is 0.381 e. The Kier molecular flexibility index (Phi) is 5.68. The van der Waals surface area contributed by atoms with Crippen molar-refractivity contribution in [1.82, 2.24) is 9.80 Å². The molecule has 2 atom stereocenters. The van der Waals surface area contributed by atoms with Gasteiger partial charge in [-0.15, -0.1) is 0 Å². The van der Waals surface area contributed by atoms with E-state index in [2.05, 4.69) is 34.1 Å². The lowest BCUT2D eigenvalue weighted by Crippen LogP contribution is -2.36. The molecule has 1 aromatic carbocycles. The average molecular weight is 316 g/mol. The number of nitrogens with zero attached hydrogens (tertiary/aromatic N) is 2. The molecule has 0 unspecified atom stereocenters. The summed E-state index contributed by atoms with van der Waals surface area (Å²) in [5.41, 5.74) is 1.33. The van der Waals surface area contributed by atoms with E-state index < -0.39 is 0 Å². The summed E-state index contributed by atoms with van der Waals surface area (Å²) in [5.74, 6) is 1.07. The first-order chi connectivity index (χ1) is 11.3. The van der Waals surface area contributed by atoms with Crippen LogP contribution in [0.1, 0.15) is 25.3 Å². The molecule has 0 bridgehead atoms. The minimum absolute atomic E-state index is 0.185. The molecule has 0 aromatic heterocycles. The van der Waals surface area contributed by atoms with E-state index in [1.807, 2.05) is 13.0 Å². The first-order valence-electron chi connectivity index (χ1n) is 8.89. The number of hydrogen-bond acceptors (Lipinski definition) is 3. The van der Waals surface area contributed by atoms with Crippen molar-refractivity contribution in [3.05, 3.63) is 35.9 Å².